The number of aliphatic hydroxyl groups is 1. The molecule has 0 radical (unpaired) electrons. The number of nitrogens with zero attached hydrogens (tertiary/aromatic N) is 2. The van der Waals surface area contributed by atoms with Crippen molar-refractivity contribution >= 4 is 0 Å². The van der Waals surface area contributed by atoms with Crippen molar-refractivity contribution < 1.29 is 5.11 Å². The molecule has 1 heterocycles. The highest BCUT2D eigenvalue weighted by Crippen LogP contribution is 2.40. The van der Waals surface area contributed by atoms with Gasteiger partial charge in [-0.2, -0.15) is 0 Å². The zero-order chi connectivity index (χ0) is 19.0. The Morgan fingerprint density at radius 1 is 1.07 bits per heavy atom. The average molecular weight is 360 g/mol. The van der Waals surface area contributed by atoms with Crippen LogP contribution in [0.4, 0.5) is 0 Å². The van der Waals surface area contributed by atoms with Gasteiger partial charge < -0.3 is 5.11 Å². The van der Waals surface area contributed by atoms with Crippen LogP contribution in [0.3, 0.4) is 0 Å². The fourth-order valence-electron chi connectivity index (χ4n) is 4.07. The maximum absolute atomic E-state index is 13.6. The molecule has 4 nitrogen and oxygen atoms in total. The maximum atomic E-state index is 13.6. The molecule has 27 heavy (non-hydrogen) atoms. The van der Waals surface area contributed by atoms with Crippen LogP contribution in [0.5, 0.6) is 0 Å². The van der Waals surface area contributed by atoms with Crippen molar-refractivity contribution in [3.63, 3.8) is 0 Å². The average Bonchev–Trinajstić information content (AvgIpc) is 2.66. The monoisotopic (exact) mass is 360 g/mol. The summed E-state index contributed by atoms with van der Waals surface area (Å²) in [5, 5.41) is 9.32. The van der Waals surface area contributed by atoms with E-state index in [1.165, 1.54) is 5.56 Å². The molecule has 1 aliphatic rings. The second-order valence-corrected chi connectivity index (χ2v) is 7.78. The third-order valence-electron chi connectivity index (χ3n) is 5.32. The van der Waals surface area contributed by atoms with Crippen molar-refractivity contribution in [1.82, 2.24) is 9.55 Å². The number of benzene rings is 2. The Morgan fingerprint density at radius 2 is 1.78 bits per heavy atom. The van der Waals surface area contributed by atoms with Gasteiger partial charge in [-0.1, -0.05) is 68.4 Å². The van der Waals surface area contributed by atoms with Crippen LogP contribution in [0.2, 0.25) is 0 Å². The van der Waals surface area contributed by atoms with Gasteiger partial charge in [-0.3, -0.25) is 9.36 Å². The Kier molecular flexibility index (Phi) is 4.44. The highest BCUT2D eigenvalue weighted by atomic mass is 16.3. The normalized spacial score (nSPS) is 14.5. The van der Waals surface area contributed by atoms with Crippen molar-refractivity contribution in [3.8, 4) is 22.6 Å². The van der Waals surface area contributed by atoms with E-state index in [4.69, 9.17) is 4.98 Å². The molecule has 1 aliphatic carbocycles. The van der Waals surface area contributed by atoms with Crippen molar-refractivity contribution in [3.05, 3.63) is 76.1 Å². The second kappa shape index (κ2) is 6.78. The van der Waals surface area contributed by atoms with Crippen molar-refractivity contribution in [2.24, 2.45) is 0 Å². The standard InChI is InChI=1S/C23H24N2O2/c1-23(2)15-17-11-6-7-12-18(17)20-19(23)22(27)25(13-8-14-26)21(24-20)16-9-4-3-5-10-16/h3-7,9-12,26H,8,13-15H2,1-2H3. The van der Waals surface area contributed by atoms with E-state index in [0.717, 1.165) is 28.8 Å². The molecule has 138 valence electrons. The number of fused-ring (bicyclic) bond motifs is 3. The Hall–Kier alpha value is -2.72. The molecule has 0 bridgehead atoms. The van der Waals surface area contributed by atoms with Gasteiger partial charge >= 0.3 is 0 Å². The van der Waals surface area contributed by atoms with E-state index in [0.29, 0.717) is 18.8 Å². The van der Waals surface area contributed by atoms with Crippen molar-refractivity contribution in [2.45, 2.75) is 38.6 Å². The summed E-state index contributed by atoms with van der Waals surface area (Å²) in [6.45, 7) is 4.73. The van der Waals surface area contributed by atoms with Crippen LogP contribution >= 0.6 is 0 Å². The predicted octanol–water partition coefficient (Wildman–Crippen LogP) is 3.79. The number of rotatable bonds is 4. The highest BCUT2D eigenvalue weighted by molar-refractivity contribution is 5.73. The number of aromatic nitrogens is 2. The smallest absolute Gasteiger partial charge is 0.258 e. The van der Waals surface area contributed by atoms with Gasteiger partial charge in [-0.15, -0.1) is 0 Å². The van der Waals surface area contributed by atoms with Crippen LogP contribution in [0.15, 0.2) is 59.4 Å². The van der Waals surface area contributed by atoms with Gasteiger partial charge in [0.15, 0.2) is 0 Å². The number of hydrogen-bond acceptors (Lipinski definition) is 3. The largest absolute Gasteiger partial charge is 0.396 e. The molecule has 0 saturated heterocycles. The third kappa shape index (κ3) is 3.00. The zero-order valence-corrected chi connectivity index (χ0v) is 15.8. The van der Waals surface area contributed by atoms with E-state index in [1.54, 1.807) is 4.57 Å². The van der Waals surface area contributed by atoms with Crippen LogP contribution < -0.4 is 5.56 Å². The van der Waals surface area contributed by atoms with E-state index in [2.05, 4.69) is 26.0 Å². The van der Waals surface area contributed by atoms with Gasteiger partial charge in [-0.05, 0) is 18.4 Å². The second-order valence-electron chi connectivity index (χ2n) is 7.78. The highest BCUT2D eigenvalue weighted by Gasteiger charge is 2.36. The molecular weight excluding hydrogens is 336 g/mol. The fraction of sp³-hybridized carbons (Fsp3) is 0.304. The van der Waals surface area contributed by atoms with Crippen LogP contribution in [-0.4, -0.2) is 21.3 Å². The summed E-state index contributed by atoms with van der Waals surface area (Å²) in [5.41, 5.74) is 4.49. The summed E-state index contributed by atoms with van der Waals surface area (Å²) in [6.07, 6.45) is 1.34. The maximum Gasteiger partial charge on any atom is 0.258 e. The first-order chi connectivity index (χ1) is 13.0. The minimum absolute atomic E-state index is 0.00630. The van der Waals surface area contributed by atoms with E-state index in [9.17, 15) is 9.90 Å². The minimum Gasteiger partial charge on any atom is -0.396 e. The molecule has 4 heteroatoms. The molecule has 4 rings (SSSR count). The van der Waals surface area contributed by atoms with Crippen LogP contribution in [-0.2, 0) is 18.4 Å². The number of aliphatic hydroxyl groups excluding tert-OH is 1. The van der Waals surface area contributed by atoms with Gasteiger partial charge in [0.2, 0.25) is 0 Å². The Morgan fingerprint density at radius 3 is 2.52 bits per heavy atom. The predicted molar refractivity (Wildman–Crippen MR) is 108 cm³/mol. The lowest BCUT2D eigenvalue weighted by molar-refractivity contribution is 0.279. The van der Waals surface area contributed by atoms with Gasteiger partial charge in [0, 0.05) is 35.3 Å². The summed E-state index contributed by atoms with van der Waals surface area (Å²) in [7, 11) is 0. The van der Waals surface area contributed by atoms with E-state index >= 15 is 0 Å². The Labute approximate surface area is 159 Å². The quantitative estimate of drug-likeness (QED) is 0.770. The summed E-state index contributed by atoms with van der Waals surface area (Å²) >= 11 is 0. The molecule has 0 unspecified atom stereocenters. The Balaban J connectivity index is 2.05. The SMILES string of the molecule is CC1(C)Cc2ccccc2-c2nc(-c3ccccc3)n(CCCO)c(=O)c21. The fourth-order valence-corrected chi connectivity index (χ4v) is 4.07. The minimum atomic E-state index is -0.288. The molecule has 0 spiro atoms. The van der Waals surface area contributed by atoms with Crippen molar-refractivity contribution in [1.29, 1.82) is 0 Å². The van der Waals surface area contributed by atoms with Crippen LogP contribution in [0, 0.1) is 0 Å². The first-order valence-corrected chi connectivity index (χ1v) is 9.43. The van der Waals surface area contributed by atoms with Crippen LogP contribution in [0.1, 0.15) is 31.4 Å². The van der Waals surface area contributed by atoms with Crippen molar-refractivity contribution in [2.75, 3.05) is 6.61 Å². The lowest BCUT2D eigenvalue weighted by Gasteiger charge is -2.33. The third-order valence-corrected chi connectivity index (χ3v) is 5.32. The van der Waals surface area contributed by atoms with Gasteiger partial charge in [-0.25, -0.2) is 4.98 Å². The lowest BCUT2D eigenvalue weighted by Crippen LogP contribution is -2.38. The Bertz CT molecular complexity index is 1040. The molecule has 0 atom stereocenters. The molecule has 0 saturated carbocycles. The molecule has 1 aromatic heterocycles. The summed E-state index contributed by atoms with van der Waals surface area (Å²) < 4.78 is 1.74. The van der Waals surface area contributed by atoms with Gasteiger partial charge in [0.1, 0.15) is 5.82 Å². The molecule has 2 aromatic carbocycles. The zero-order valence-electron chi connectivity index (χ0n) is 15.8. The molecule has 0 amide bonds. The molecule has 0 fully saturated rings. The topological polar surface area (TPSA) is 55.1 Å². The van der Waals surface area contributed by atoms with E-state index in [-0.39, 0.29) is 17.6 Å². The summed E-state index contributed by atoms with van der Waals surface area (Å²) in [4.78, 5) is 18.6. The van der Waals surface area contributed by atoms with E-state index < -0.39 is 0 Å². The van der Waals surface area contributed by atoms with Crippen LogP contribution in [0.25, 0.3) is 22.6 Å². The molecule has 0 aliphatic heterocycles. The van der Waals surface area contributed by atoms with Gasteiger partial charge in [0.05, 0.1) is 5.69 Å². The van der Waals surface area contributed by atoms with Gasteiger partial charge in [0.25, 0.3) is 5.56 Å². The van der Waals surface area contributed by atoms with E-state index in [1.807, 2.05) is 42.5 Å². The molecule has 1 N–H and O–H groups in total. The lowest BCUT2D eigenvalue weighted by atomic mass is 9.72. The summed E-state index contributed by atoms with van der Waals surface area (Å²) in [6, 6.07) is 18.0. The summed E-state index contributed by atoms with van der Waals surface area (Å²) in [5.74, 6) is 0.667. The first kappa shape index (κ1) is 17.7. The number of hydrogen-bond donors (Lipinski definition) is 1. The first-order valence-electron chi connectivity index (χ1n) is 9.43. The molecular formula is C23H24N2O2. The molecule has 3 aromatic rings.